The third-order valence-electron chi connectivity index (χ3n) is 16.2. The van der Waals surface area contributed by atoms with Crippen molar-refractivity contribution in [3.05, 3.63) is 35.5 Å². The van der Waals surface area contributed by atoms with Crippen molar-refractivity contribution in [1.29, 1.82) is 0 Å². The molecule has 1 aromatic heterocycles. The molecule has 292 valence electrons. The van der Waals surface area contributed by atoms with Gasteiger partial charge in [0.15, 0.2) is 5.78 Å². The van der Waals surface area contributed by atoms with Gasteiger partial charge < -0.3 is 19.5 Å². The first-order valence-electron chi connectivity index (χ1n) is 21.0. The average Bonchev–Trinajstić information content (AvgIpc) is 3.43. The van der Waals surface area contributed by atoms with Crippen LogP contribution in [0.1, 0.15) is 120 Å². The molecule has 5 aliphatic carbocycles. The van der Waals surface area contributed by atoms with E-state index in [-0.39, 0.29) is 46.4 Å². The number of carbonyl (C=O) groups excluding carboxylic acids is 3. The third kappa shape index (κ3) is 6.43. The number of hydrogen-bond donors (Lipinski definition) is 1. The minimum absolute atomic E-state index is 0.115. The van der Waals surface area contributed by atoms with Gasteiger partial charge in [0.25, 0.3) is 0 Å². The van der Waals surface area contributed by atoms with Crippen molar-refractivity contribution in [3.63, 3.8) is 0 Å². The molecular weight excluding hydrogens is 663 g/mol. The van der Waals surface area contributed by atoms with Crippen LogP contribution in [0, 0.1) is 56.7 Å². The summed E-state index contributed by atoms with van der Waals surface area (Å²) in [6.45, 7) is 21.9. The zero-order valence-electron chi connectivity index (χ0n) is 34.0. The first-order valence-corrected chi connectivity index (χ1v) is 21.0. The number of ketones is 1. The van der Waals surface area contributed by atoms with E-state index in [1.807, 2.05) is 18.3 Å². The first-order chi connectivity index (χ1) is 25.0. The lowest BCUT2D eigenvalue weighted by Crippen LogP contribution is -2.63. The van der Waals surface area contributed by atoms with Gasteiger partial charge in [0.1, 0.15) is 18.2 Å². The SMILES string of the molecule is CC(C)C1=C2C3CCC4C(C)(CCC5C(C)(C)C(OC(=O)CC(C)(C)C=O)CCC54C)C3CCC2(C(O)CN2CCN(c3ccccn3)CC2)CC1=O. The minimum Gasteiger partial charge on any atom is -0.462 e. The van der Waals surface area contributed by atoms with E-state index < -0.39 is 16.9 Å². The zero-order chi connectivity index (χ0) is 38.1. The van der Waals surface area contributed by atoms with Gasteiger partial charge in [0.2, 0.25) is 0 Å². The fraction of sp³-hybridized carbons (Fsp3) is 0.778. The summed E-state index contributed by atoms with van der Waals surface area (Å²) in [6.07, 6.45) is 10.9. The molecule has 1 saturated heterocycles. The van der Waals surface area contributed by atoms with Crippen LogP contribution >= 0.6 is 0 Å². The summed E-state index contributed by atoms with van der Waals surface area (Å²) in [5.41, 5.74) is 1.36. The van der Waals surface area contributed by atoms with Gasteiger partial charge in [-0.2, -0.15) is 0 Å². The maximum absolute atomic E-state index is 14.1. The van der Waals surface area contributed by atoms with E-state index in [2.05, 4.69) is 62.4 Å². The molecule has 0 bridgehead atoms. The van der Waals surface area contributed by atoms with Gasteiger partial charge in [0, 0.05) is 61.6 Å². The van der Waals surface area contributed by atoms with Gasteiger partial charge in [-0.15, -0.1) is 0 Å². The highest BCUT2D eigenvalue weighted by Gasteiger charge is 2.67. The Bertz CT molecular complexity index is 1600. The molecule has 1 aliphatic heterocycles. The Morgan fingerprint density at radius 2 is 1.70 bits per heavy atom. The number of pyridine rings is 1. The first kappa shape index (κ1) is 38.7. The number of anilines is 1. The topological polar surface area (TPSA) is 100 Å². The van der Waals surface area contributed by atoms with Crippen LogP contribution in [-0.2, 0) is 19.1 Å². The standard InChI is InChI=1S/C45H67N3O5/c1-29(2)39-32(50)25-45(35(51)27-47-21-23-48(24-22-47)37-11-9-10-20-46-37)19-14-31-30(40(39)45)12-13-34-43(31,7)17-15-33-42(5,6)36(16-18-44(33,34)8)53-38(52)26-41(3,4)28-49/h9-11,20,28-31,33-36,51H,12-19,21-27H2,1-8H3. The van der Waals surface area contributed by atoms with Gasteiger partial charge in [-0.05, 0) is 109 Å². The number of β-amino-alcohol motifs (C(OH)–C–C–N with tert-alkyl or cyclic N) is 1. The maximum Gasteiger partial charge on any atom is 0.307 e. The molecule has 0 spiro atoms. The smallest absolute Gasteiger partial charge is 0.307 e. The number of piperazine rings is 1. The largest absolute Gasteiger partial charge is 0.462 e. The lowest BCUT2D eigenvalue weighted by molar-refractivity contribution is -0.214. The minimum atomic E-state index is -0.714. The second-order valence-corrected chi connectivity index (χ2v) is 20.3. The maximum atomic E-state index is 14.1. The monoisotopic (exact) mass is 730 g/mol. The molecule has 9 unspecified atom stereocenters. The van der Waals surface area contributed by atoms with Crippen molar-refractivity contribution in [3.8, 4) is 0 Å². The summed E-state index contributed by atoms with van der Waals surface area (Å²) in [6, 6.07) is 6.06. The van der Waals surface area contributed by atoms with Gasteiger partial charge in [-0.3, -0.25) is 14.5 Å². The highest BCUT2D eigenvalue weighted by Crippen LogP contribution is 2.73. The van der Waals surface area contributed by atoms with Crippen LogP contribution in [0.25, 0.3) is 0 Å². The third-order valence-corrected chi connectivity index (χ3v) is 16.2. The van der Waals surface area contributed by atoms with Crippen LogP contribution in [0.2, 0.25) is 0 Å². The number of Topliss-reactive ketones (excluding diaryl/α,β-unsaturated/α-hetero) is 1. The molecule has 6 aliphatic rings. The summed E-state index contributed by atoms with van der Waals surface area (Å²) in [5.74, 6) is 3.04. The second kappa shape index (κ2) is 13.9. The quantitative estimate of drug-likeness (QED) is 0.204. The van der Waals surface area contributed by atoms with E-state index >= 15 is 0 Å². The van der Waals surface area contributed by atoms with Crippen molar-refractivity contribution in [2.24, 2.45) is 56.7 Å². The molecule has 8 nitrogen and oxygen atoms in total. The van der Waals surface area contributed by atoms with Gasteiger partial charge in [0.05, 0.1) is 12.5 Å². The molecule has 1 aromatic rings. The molecule has 7 rings (SSSR count). The number of aldehydes is 1. The number of esters is 1. The summed E-state index contributed by atoms with van der Waals surface area (Å²) >= 11 is 0. The Morgan fingerprint density at radius 3 is 2.36 bits per heavy atom. The number of nitrogens with zero attached hydrogens (tertiary/aromatic N) is 3. The van der Waals surface area contributed by atoms with Crippen molar-refractivity contribution in [2.75, 3.05) is 37.6 Å². The molecule has 4 saturated carbocycles. The van der Waals surface area contributed by atoms with E-state index in [1.54, 1.807) is 13.8 Å². The summed E-state index contributed by atoms with van der Waals surface area (Å²) in [4.78, 5) is 48.0. The van der Waals surface area contributed by atoms with Gasteiger partial charge in [-0.25, -0.2) is 4.98 Å². The Balaban J connectivity index is 1.10. The van der Waals surface area contributed by atoms with Gasteiger partial charge in [-0.1, -0.05) is 67.0 Å². The van der Waals surface area contributed by atoms with Crippen LogP contribution in [0.15, 0.2) is 35.5 Å². The van der Waals surface area contributed by atoms with E-state index in [0.717, 1.165) is 95.2 Å². The van der Waals surface area contributed by atoms with Crippen molar-refractivity contribution >= 4 is 23.9 Å². The van der Waals surface area contributed by atoms with Crippen LogP contribution in [0.5, 0.6) is 0 Å². The molecular formula is C45H67N3O5. The number of rotatable bonds is 9. The van der Waals surface area contributed by atoms with Gasteiger partial charge >= 0.3 is 5.97 Å². The van der Waals surface area contributed by atoms with Crippen molar-refractivity contribution in [1.82, 2.24) is 9.88 Å². The average molecular weight is 730 g/mol. The summed E-state index contributed by atoms with van der Waals surface area (Å²) < 4.78 is 6.22. The molecule has 0 aromatic carbocycles. The number of aromatic nitrogens is 1. The Kier molecular flexibility index (Phi) is 10.1. The van der Waals surface area contributed by atoms with Crippen molar-refractivity contribution in [2.45, 2.75) is 132 Å². The number of allylic oxidation sites excluding steroid dienone is 1. The molecule has 2 heterocycles. The van der Waals surface area contributed by atoms with Crippen LogP contribution in [0.4, 0.5) is 5.82 Å². The lowest BCUT2D eigenvalue weighted by atomic mass is 9.36. The predicted molar refractivity (Wildman–Crippen MR) is 208 cm³/mol. The number of aliphatic hydroxyl groups excluding tert-OH is 1. The van der Waals surface area contributed by atoms with E-state index in [9.17, 15) is 19.5 Å². The zero-order valence-corrected chi connectivity index (χ0v) is 34.0. The Labute approximate surface area is 318 Å². The normalized spacial score (nSPS) is 37.7. The van der Waals surface area contributed by atoms with Crippen LogP contribution < -0.4 is 4.90 Å². The number of carbonyl (C=O) groups is 3. The fourth-order valence-corrected chi connectivity index (χ4v) is 13.7. The van der Waals surface area contributed by atoms with E-state index in [4.69, 9.17) is 4.74 Å². The molecule has 5 fully saturated rings. The number of ether oxygens (including phenoxy) is 1. The summed E-state index contributed by atoms with van der Waals surface area (Å²) in [5, 5.41) is 12.4. The molecule has 0 radical (unpaired) electrons. The van der Waals surface area contributed by atoms with Crippen LogP contribution in [-0.4, -0.2) is 78.0 Å². The van der Waals surface area contributed by atoms with E-state index in [0.29, 0.717) is 36.6 Å². The molecule has 9 atom stereocenters. The Morgan fingerprint density at radius 1 is 0.981 bits per heavy atom. The molecule has 1 N–H and O–H groups in total. The highest BCUT2D eigenvalue weighted by molar-refractivity contribution is 6.00. The fourth-order valence-electron chi connectivity index (χ4n) is 13.7. The predicted octanol–water partition coefficient (Wildman–Crippen LogP) is 7.68. The lowest BCUT2D eigenvalue weighted by Gasteiger charge is -2.69. The molecule has 0 amide bonds. The highest BCUT2D eigenvalue weighted by atomic mass is 16.5. The molecule has 53 heavy (non-hydrogen) atoms. The Hall–Kier alpha value is -2.58. The number of aliphatic hydroxyl groups is 1. The molecule has 8 heteroatoms. The van der Waals surface area contributed by atoms with Crippen LogP contribution in [0.3, 0.4) is 0 Å². The number of hydrogen-bond acceptors (Lipinski definition) is 8. The summed E-state index contributed by atoms with van der Waals surface area (Å²) in [7, 11) is 0. The van der Waals surface area contributed by atoms with Crippen molar-refractivity contribution < 1.29 is 24.2 Å². The second-order valence-electron chi connectivity index (χ2n) is 20.3. The number of fused-ring (bicyclic) bond motifs is 7. The van der Waals surface area contributed by atoms with E-state index in [1.165, 1.54) is 5.57 Å².